The Kier molecular flexibility index (Phi) is 5.59. The first-order valence-electron chi connectivity index (χ1n) is 6.65. The molecule has 0 aromatic rings. The minimum absolute atomic E-state index is 0.0595. The molecule has 18 heavy (non-hydrogen) atoms. The van der Waals surface area contributed by atoms with Gasteiger partial charge in [-0.25, -0.2) is 0 Å². The number of piperidine rings is 1. The van der Waals surface area contributed by atoms with Gasteiger partial charge in [0, 0.05) is 39.1 Å². The van der Waals surface area contributed by atoms with Crippen LogP contribution in [0.5, 0.6) is 0 Å². The Labute approximate surface area is 110 Å². The fraction of sp³-hybridized carbons (Fsp3) is 0.846. The summed E-state index contributed by atoms with van der Waals surface area (Å²) in [7, 11) is 1.64. The standard InChI is InChI=1S/C13H25N3O2/c1-10(2)16-7-5-12(6-8-16)14-13(18)9-15(4)11(3)17/h10,12H,5-9H2,1-4H3,(H,14,18). The van der Waals surface area contributed by atoms with Gasteiger partial charge in [-0.2, -0.15) is 0 Å². The molecule has 0 spiro atoms. The molecule has 0 atom stereocenters. The molecule has 0 aliphatic carbocycles. The van der Waals surface area contributed by atoms with E-state index < -0.39 is 0 Å². The maximum absolute atomic E-state index is 11.7. The molecule has 1 heterocycles. The minimum atomic E-state index is -0.0835. The molecule has 5 nitrogen and oxygen atoms in total. The number of nitrogens with one attached hydrogen (secondary N) is 1. The molecule has 104 valence electrons. The van der Waals surface area contributed by atoms with Gasteiger partial charge in [0.2, 0.25) is 11.8 Å². The van der Waals surface area contributed by atoms with Crippen LogP contribution in [0.3, 0.4) is 0 Å². The van der Waals surface area contributed by atoms with Gasteiger partial charge < -0.3 is 15.1 Å². The van der Waals surface area contributed by atoms with Gasteiger partial charge in [0.1, 0.15) is 0 Å². The molecule has 0 aromatic carbocycles. The minimum Gasteiger partial charge on any atom is -0.352 e. The quantitative estimate of drug-likeness (QED) is 0.794. The Morgan fingerprint density at radius 3 is 2.33 bits per heavy atom. The molecule has 1 fully saturated rings. The highest BCUT2D eigenvalue weighted by Gasteiger charge is 2.22. The highest BCUT2D eigenvalue weighted by molar-refractivity contribution is 5.83. The van der Waals surface area contributed by atoms with Crippen LogP contribution in [-0.4, -0.2) is 60.4 Å². The number of carbonyl (C=O) groups excluding carboxylic acids is 2. The third kappa shape index (κ3) is 4.64. The van der Waals surface area contributed by atoms with Gasteiger partial charge >= 0.3 is 0 Å². The van der Waals surface area contributed by atoms with E-state index in [0.717, 1.165) is 25.9 Å². The maximum atomic E-state index is 11.7. The van der Waals surface area contributed by atoms with Gasteiger partial charge in [0.05, 0.1) is 6.54 Å². The van der Waals surface area contributed by atoms with Crippen molar-refractivity contribution < 1.29 is 9.59 Å². The van der Waals surface area contributed by atoms with Crippen molar-refractivity contribution in [2.45, 2.75) is 45.7 Å². The van der Waals surface area contributed by atoms with E-state index in [0.29, 0.717) is 6.04 Å². The second-order valence-electron chi connectivity index (χ2n) is 5.35. The highest BCUT2D eigenvalue weighted by Crippen LogP contribution is 2.12. The van der Waals surface area contributed by atoms with Gasteiger partial charge in [-0.3, -0.25) is 9.59 Å². The second-order valence-corrected chi connectivity index (χ2v) is 5.35. The summed E-state index contributed by atoms with van der Waals surface area (Å²) >= 11 is 0. The Bertz CT molecular complexity index is 297. The normalized spacial score (nSPS) is 17.8. The molecule has 0 radical (unpaired) electrons. The Balaban J connectivity index is 2.28. The number of nitrogens with zero attached hydrogens (tertiary/aromatic N) is 2. The summed E-state index contributed by atoms with van der Waals surface area (Å²) in [4.78, 5) is 26.6. The molecule has 0 bridgehead atoms. The monoisotopic (exact) mass is 255 g/mol. The number of hydrogen-bond acceptors (Lipinski definition) is 3. The summed E-state index contributed by atoms with van der Waals surface area (Å²) in [6, 6.07) is 0.832. The van der Waals surface area contributed by atoms with Crippen LogP contribution in [0.4, 0.5) is 0 Å². The molecule has 0 aromatic heterocycles. The molecule has 1 saturated heterocycles. The van der Waals surface area contributed by atoms with Crippen LogP contribution in [-0.2, 0) is 9.59 Å². The van der Waals surface area contributed by atoms with Gasteiger partial charge in [-0.05, 0) is 26.7 Å². The number of amides is 2. The van der Waals surface area contributed by atoms with Crippen LogP contribution < -0.4 is 5.32 Å². The number of likely N-dealkylation sites (N-methyl/N-ethyl adjacent to an activating group) is 1. The Hall–Kier alpha value is -1.10. The smallest absolute Gasteiger partial charge is 0.239 e. The number of rotatable bonds is 4. The average molecular weight is 255 g/mol. The van der Waals surface area contributed by atoms with Crippen LogP contribution >= 0.6 is 0 Å². The van der Waals surface area contributed by atoms with Crippen molar-refractivity contribution >= 4 is 11.8 Å². The van der Waals surface area contributed by atoms with E-state index in [1.165, 1.54) is 11.8 Å². The van der Waals surface area contributed by atoms with Crippen molar-refractivity contribution in [3.8, 4) is 0 Å². The molecule has 5 heteroatoms. The van der Waals surface area contributed by atoms with E-state index in [-0.39, 0.29) is 24.4 Å². The Morgan fingerprint density at radius 2 is 1.89 bits per heavy atom. The molecule has 1 aliphatic rings. The van der Waals surface area contributed by atoms with Crippen molar-refractivity contribution in [2.75, 3.05) is 26.7 Å². The van der Waals surface area contributed by atoms with Crippen molar-refractivity contribution in [3.05, 3.63) is 0 Å². The predicted molar refractivity (Wildman–Crippen MR) is 71.2 cm³/mol. The van der Waals surface area contributed by atoms with Crippen LogP contribution in [0.15, 0.2) is 0 Å². The summed E-state index contributed by atoms with van der Waals surface area (Å²) in [5.74, 6) is -0.143. The summed E-state index contributed by atoms with van der Waals surface area (Å²) in [6.45, 7) is 8.08. The average Bonchev–Trinajstić information content (AvgIpc) is 2.29. The third-order valence-electron chi connectivity index (χ3n) is 3.54. The van der Waals surface area contributed by atoms with Crippen LogP contribution in [0.25, 0.3) is 0 Å². The zero-order chi connectivity index (χ0) is 13.7. The van der Waals surface area contributed by atoms with E-state index in [4.69, 9.17) is 0 Å². The number of carbonyl (C=O) groups is 2. The second kappa shape index (κ2) is 6.73. The summed E-state index contributed by atoms with van der Waals surface area (Å²) < 4.78 is 0. The first-order chi connectivity index (χ1) is 8.40. The van der Waals surface area contributed by atoms with Gasteiger partial charge in [0.25, 0.3) is 0 Å². The first-order valence-corrected chi connectivity index (χ1v) is 6.65. The van der Waals surface area contributed by atoms with Crippen LogP contribution in [0.1, 0.15) is 33.6 Å². The van der Waals surface area contributed by atoms with Crippen molar-refractivity contribution in [3.63, 3.8) is 0 Å². The fourth-order valence-electron chi connectivity index (χ4n) is 2.16. The molecular weight excluding hydrogens is 230 g/mol. The summed E-state index contributed by atoms with van der Waals surface area (Å²) in [5, 5.41) is 3.00. The number of hydrogen-bond donors (Lipinski definition) is 1. The third-order valence-corrected chi connectivity index (χ3v) is 3.54. The Morgan fingerprint density at radius 1 is 1.33 bits per heavy atom. The largest absolute Gasteiger partial charge is 0.352 e. The van der Waals surface area contributed by atoms with E-state index in [2.05, 4.69) is 24.1 Å². The van der Waals surface area contributed by atoms with E-state index in [1.54, 1.807) is 7.05 Å². The first kappa shape index (κ1) is 15.0. The lowest BCUT2D eigenvalue weighted by Crippen LogP contribution is -2.48. The molecule has 1 rings (SSSR count). The lowest BCUT2D eigenvalue weighted by Gasteiger charge is -2.35. The topological polar surface area (TPSA) is 52.7 Å². The van der Waals surface area contributed by atoms with Crippen LogP contribution in [0.2, 0.25) is 0 Å². The molecule has 1 aliphatic heterocycles. The molecular formula is C13H25N3O2. The molecule has 2 amide bonds. The van der Waals surface area contributed by atoms with Gasteiger partial charge in [0.15, 0.2) is 0 Å². The summed E-state index contributed by atoms with van der Waals surface area (Å²) in [5.41, 5.74) is 0. The van der Waals surface area contributed by atoms with Crippen molar-refractivity contribution in [1.82, 2.24) is 15.1 Å². The van der Waals surface area contributed by atoms with E-state index >= 15 is 0 Å². The predicted octanol–water partition coefficient (Wildman–Crippen LogP) is 0.454. The molecule has 0 unspecified atom stereocenters. The van der Waals surface area contributed by atoms with E-state index in [1.807, 2.05) is 0 Å². The maximum Gasteiger partial charge on any atom is 0.239 e. The SMILES string of the molecule is CC(=O)N(C)CC(=O)NC1CCN(C(C)C)CC1. The zero-order valence-electron chi connectivity index (χ0n) is 11.9. The van der Waals surface area contributed by atoms with Gasteiger partial charge in [-0.15, -0.1) is 0 Å². The number of likely N-dealkylation sites (tertiary alicyclic amines) is 1. The van der Waals surface area contributed by atoms with Crippen LogP contribution in [0, 0.1) is 0 Å². The molecule has 0 saturated carbocycles. The fourth-order valence-corrected chi connectivity index (χ4v) is 2.16. The van der Waals surface area contributed by atoms with Crippen molar-refractivity contribution in [2.24, 2.45) is 0 Å². The lowest BCUT2D eigenvalue weighted by atomic mass is 10.0. The lowest BCUT2D eigenvalue weighted by molar-refractivity contribution is -0.133. The zero-order valence-corrected chi connectivity index (χ0v) is 11.9. The van der Waals surface area contributed by atoms with Gasteiger partial charge in [-0.1, -0.05) is 0 Å². The molecule has 1 N–H and O–H groups in total. The summed E-state index contributed by atoms with van der Waals surface area (Å²) in [6.07, 6.45) is 1.99. The highest BCUT2D eigenvalue weighted by atomic mass is 16.2. The van der Waals surface area contributed by atoms with E-state index in [9.17, 15) is 9.59 Å². The van der Waals surface area contributed by atoms with Crippen molar-refractivity contribution in [1.29, 1.82) is 0 Å².